The van der Waals surface area contributed by atoms with Gasteiger partial charge in [-0.3, -0.25) is 4.79 Å². The van der Waals surface area contributed by atoms with E-state index in [4.69, 9.17) is 19.2 Å². The number of rotatable bonds is 8. The molecule has 1 aromatic carbocycles. The number of allylic oxidation sites excluding steroid dienone is 1. The Bertz CT molecular complexity index is 1080. The van der Waals surface area contributed by atoms with Crippen molar-refractivity contribution >= 4 is 28.8 Å². The number of ether oxygens (including phenoxy) is 3. The van der Waals surface area contributed by atoms with Crippen molar-refractivity contribution in [2.24, 2.45) is 10.9 Å². The molecule has 2 heterocycles. The predicted octanol–water partition coefficient (Wildman–Crippen LogP) is 4.78. The second kappa shape index (κ2) is 10.8. The fourth-order valence-electron chi connectivity index (χ4n) is 3.85. The molecule has 35 heavy (non-hydrogen) atoms. The number of hydrogen-bond acceptors (Lipinski definition) is 8. The summed E-state index contributed by atoms with van der Waals surface area (Å²) in [6.45, 7) is 12.0. The first-order valence-electron chi connectivity index (χ1n) is 11.6. The Labute approximate surface area is 211 Å². The second-order valence-corrected chi connectivity index (χ2v) is 10.7. The highest BCUT2D eigenvalue weighted by molar-refractivity contribution is 8.16. The van der Waals surface area contributed by atoms with E-state index in [1.165, 1.54) is 11.8 Å². The van der Waals surface area contributed by atoms with Gasteiger partial charge >= 0.3 is 5.97 Å². The summed E-state index contributed by atoms with van der Waals surface area (Å²) in [4.78, 5) is 32.8. The zero-order valence-electron chi connectivity index (χ0n) is 21.7. The van der Waals surface area contributed by atoms with Crippen LogP contribution in [-0.4, -0.2) is 48.3 Å². The Morgan fingerprint density at radius 2 is 1.86 bits per heavy atom. The van der Waals surface area contributed by atoms with Crippen molar-refractivity contribution in [2.75, 3.05) is 20.8 Å². The molecule has 0 radical (unpaired) electrons. The lowest BCUT2D eigenvalue weighted by molar-refractivity contribution is -0.150. The van der Waals surface area contributed by atoms with Crippen molar-refractivity contribution in [3.63, 3.8) is 0 Å². The molecule has 1 amide bonds. The van der Waals surface area contributed by atoms with Gasteiger partial charge in [-0.2, -0.15) is 0 Å². The number of amidine groups is 1. The lowest BCUT2D eigenvalue weighted by Gasteiger charge is -2.37. The molecule has 2 aliphatic heterocycles. The zero-order valence-corrected chi connectivity index (χ0v) is 22.5. The number of esters is 1. The molecule has 2 aliphatic rings. The first-order valence-corrected chi connectivity index (χ1v) is 12.5. The maximum absolute atomic E-state index is 13.4. The number of fused-ring (bicyclic) bond motifs is 1. The monoisotopic (exact) mass is 501 g/mol. The summed E-state index contributed by atoms with van der Waals surface area (Å²) in [5, 5.41) is 5.60. The molecule has 0 spiro atoms. The van der Waals surface area contributed by atoms with Crippen molar-refractivity contribution < 1.29 is 23.8 Å². The smallest absolute Gasteiger partial charge is 0.338 e. The summed E-state index contributed by atoms with van der Waals surface area (Å²) in [5.41, 5.74) is 1.89. The minimum Gasteiger partial charge on any atom is -0.493 e. The number of hydrogen-bond donors (Lipinski definition) is 1. The van der Waals surface area contributed by atoms with Gasteiger partial charge in [0.1, 0.15) is 5.60 Å². The number of amides is 1. The van der Waals surface area contributed by atoms with Crippen molar-refractivity contribution in [1.29, 1.82) is 0 Å². The summed E-state index contributed by atoms with van der Waals surface area (Å²) in [6, 6.07) is 5.01. The standard InChI is InChI=1S/C26H35N3O5S/c1-15(2)13-27-21(30)12-18-14-35-25-28-16(3)22(24(31)34-26(4,5)6)23(29(18)25)17-9-10-19(32-7)20(11-17)33-8/h9-11,14-15,23H,12-13H2,1-8H3,(H,27,30)/t23-/m1/s1. The fraction of sp³-hybridized carbons (Fsp3) is 0.500. The normalized spacial score (nSPS) is 17.6. The molecule has 0 saturated heterocycles. The van der Waals surface area contributed by atoms with Gasteiger partial charge in [0.2, 0.25) is 5.91 Å². The number of carbonyl (C=O) groups excluding carboxylic acids is 2. The number of methoxy groups -OCH3 is 2. The number of nitrogens with zero attached hydrogens (tertiary/aromatic N) is 2. The highest BCUT2D eigenvalue weighted by atomic mass is 32.2. The van der Waals surface area contributed by atoms with E-state index in [2.05, 4.69) is 5.32 Å². The molecule has 3 rings (SSSR count). The molecule has 1 aromatic rings. The Hall–Kier alpha value is -2.94. The molecule has 1 atom stereocenters. The van der Waals surface area contributed by atoms with E-state index in [0.29, 0.717) is 40.4 Å². The van der Waals surface area contributed by atoms with Gasteiger partial charge in [-0.1, -0.05) is 31.7 Å². The Morgan fingerprint density at radius 3 is 2.46 bits per heavy atom. The van der Waals surface area contributed by atoms with Gasteiger partial charge in [-0.25, -0.2) is 9.79 Å². The topological polar surface area (TPSA) is 89.5 Å². The summed E-state index contributed by atoms with van der Waals surface area (Å²) < 4.78 is 16.7. The molecule has 8 nitrogen and oxygen atoms in total. The molecule has 190 valence electrons. The molecule has 9 heteroatoms. The van der Waals surface area contributed by atoms with Crippen LogP contribution in [0.4, 0.5) is 0 Å². The summed E-state index contributed by atoms with van der Waals surface area (Å²) in [7, 11) is 3.15. The van der Waals surface area contributed by atoms with E-state index in [1.54, 1.807) is 14.2 Å². The summed E-state index contributed by atoms with van der Waals surface area (Å²) in [6.07, 6.45) is 0.170. The van der Waals surface area contributed by atoms with Crippen LogP contribution in [0.25, 0.3) is 0 Å². The highest BCUT2D eigenvalue weighted by Gasteiger charge is 2.42. The molecule has 0 aliphatic carbocycles. The predicted molar refractivity (Wildman–Crippen MR) is 138 cm³/mol. The van der Waals surface area contributed by atoms with Crippen LogP contribution in [0.1, 0.15) is 59.6 Å². The largest absolute Gasteiger partial charge is 0.493 e. The zero-order chi connectivity index (χ0) is 25.9. The quantitative estimate of drug-likeness (QED) is 0.513. The average Bonchev–Trinajstić information content (AvgIpc) is 3.16. The van der Waals surface area contributed by atoms with Gasteiger partial charge in [-0.05, 0) is 56.7 Å². The number of thioether (sulfide) groups is 1. The van der Waals surface area contributed by atoms with Crippen LogP contribution in [0.2, 0.25) is 0 Å². The highest BCUT2D eigenvalue weighted by Crippen LogP contribution is 2.46. The lowest BCUT2D eigenvalue weighted by atomic mass is 9.93. The average molecular weight is 502 g/mol. The Morgan fingerprint density at radius 1 is 1.17 bits per heavy atom. The van der Waals surface area contributed by atoms with Crippen LogP contribution in [0.5, 0.6) is 11.5 Å². The van der Waals surface area contributed by atoms with E-state index in [0.717, 1.165) is 11.3 Å². The summed E-state index contributed by atoms with van der Waals surface area (Å²) >= 11 is 1.44. The molecule has 0 saturated carbocycles. The van der Waals surface area contributed by atoms with Crippen LogP contribution in [0.15, 0.2) is 45.6 Å². The number of nitrogens with one attached hydrogen (secondary N) is 1. The third kappa shape index (κ3) is 6.20. The van der Waals surface area contributed by atoms with Gasteiger partial charge in [-0.15, -0.1) is 0 Å². The van der Waals surface area contributed by atoms with E-state index < -0.39 is 17.6 Å². The van der Waals surface area contributed by atoms with E-state index in [1.807, 2.05) is 70.0 Å². The van der Waals surface area contributed by atoms with Crippen LogP contribution in [-0.2, 0) is 14.3 Å². The van der Waals surface area contributed by atoms with Gasteiger partial charge in [0.15, 0.2) is 16.7 Å². The maximum atomic E-state index is 13.4. The second-order valence-electron chi connectivity index (χ2n) is 9.88. The molecule has 0 aromatic heterocycles. The minimum absolute atomic E-state index is 0.0806. The van der Waals surface area contributed by atoms with Crippen molar-refractivity contribution in [1.82, 2.24) is 10.2 Å². The third-order valence-corrected chi connectivity index (χ3v) is 6.28. The Kier molecular flexibility index (Phi) is 8.20. The number of benzene rings is 1. The number of aliphatic imine (C=N–C) groups is 1. The SMILES string of the molecule is COc1ccc([C@@H]2C(C(=O)OC(C)(C)C)=C(C)N=C3SC=C(CC(=O)NCC(C)C)N32)cc1OC. The van der Waals surface area contributed by atoms with Crippen molar-refractivity contribution in [3.05, 3.63) is 46.1 Å². The Balaban J connectivity index is 2.07. The van der Waals surface area contributed by atoms with E-state index in [9.17, 15) is 9.59 Å². The van der Waals surface area contributed by atoms with E-state index >= 15 is 0 Å². The minimum atomic E-state index is -0.675. The molecular weight excluding hydrogens is 466 g/mol. The van der Waals surface area contributed by atoms with Crippen LogP contribution in [0.3, 0.4) is 0 Å². The van der Waals surface area contributed by atoms with Crippen LogP contribution in [0, 0.1) is 5.92 Å². The molecular formula is C26H35N3O5S. The molecule has 1 N–H and O–H groups in total. The molecule has 0 unspecified atom stereocenters. The molecule has 0 fully saturated rings. The van der Waals surface area contributed by atoms with Gasteiger partial charge in [0.05, 0.1) is 38.0 Å². The maximum Gasteiger partial charge on any atom is 0.338 e. The number of carbonyl (C=O) groups is 2. The van der Waals surface area contributed by atoms with Crippen LogP contribution < -0.4 is 14.8 Å². The first-order chi connectivity index (χ1) is 16.4. The van der Waals surface area contributed by atoms with Gasteiger partial charge in [0.25, 0.3) is 0 Å². The molecule has 0 bridgehead atoms. The first kappa shape index (κ1) is 26.7. The van der Waals surface area contributed by atoms with Crippen molar-refractivity contribution in [2.45, 2.75) is 59.6 Å². The van der Waals surface area contributed by atoms with Crippen LogP contribution >= 0.6 is 11.8 Å². The summed E-state index contributed by atoms with van der Waals surface area (Å²) in [5.74, 6) is 0.949. The third-order valence-electron chi connectivity index (χ3n) is 5.39. The van der Waals surface area contributed by atoms with Gasteiger partial charge in [0, 0.05) is 12.2 Å². The van der Waals surface area contributed by atoms with E-state index in [-0.39, 0.29) is 12.3 Å². The van der Waals surface area contributed by atoms with Crippen molar-refractivity contribution in [3.8, 4) is 11.5 Å². The fourth-order valence-corrected chi connectivity index (χ4v) is 4.81. The lowest BCUT2D eigenvalue weighted by Crippen LogP contribution is -2.39. The van der Waals surface area contributed by atoms with Gasteiger partial charge < -0.3 is 24.4 Å².